The van der Waals surface area contributed by atoms with Gasteiger partial charge in [-0.2, -0.15) is 0 Å². The van der Waals surface area contributed by atoms with Crippen molar-refractivity contribution in [2.45, 2.75) is 39.7 Å². The third kappa shape index (κ3) is 3.43. The Morgan fingerprint density at radius 3 is 2.68 bits per heavy atom. The number of amides is 2. The zero-order valence-corrected chi connectivity index (χ0v) is 15.0. The second-order valence-corrected chi connectivity index (χ2v) is 6.54. The number of carbonyl (C=O) groups excluding carboxylic acids is 2. The minimum absolute atomic E-state index is 0.0554. The molecule has 0 saturated carbocycles. The van der Waals surface area contributed by atoms with E-state index in [1.807, 2.05) is 62.1 Å². The van der Waals surface area contributed by atoms with Crippen LogP contribution < -0.4 is 10.2 Å². The van der Waals surface area contributed by atoms with Crippen molar-refractivity contribution >= 4 is 17.5 Å². The monoisotopic (exact) mass is 336 g/mol. The topological polar surface area (TPSA) is 49.4 Å². The van der Waals surface area contributed by atoms with Crippen LogP contribution in [-0.4, -0.2) is 18.4 Å². The number of hydrogen-bond donors (Lipinski definition) is 1. The zero-order valence-electron chi connectivity index (χ0n) is 15.0. The molecular weight excluding hydrogens is 312 g/mol. The Labute approximate surface area is 148 Å². The Morgan fingerprint density at radius 1 is 1.20 bits per heavy atom. The quantitative estimate of drug-likeness (QED) is 0.923. The number of hydrogen-bond acceptors (Lipinski definition) is 2. The molecule has 0 fully saturated rings. The molecule has 4 nitrogen and oxygen atoms in total. The maximum Gasteiger partial charge on any atom is 0.251 e. The van der Waals surface area contributed by atoms with Crippen molar-refractivity contribution in [3.63, 3.8) is 0 Å². The van der Waals surface area contributed by atoms with E-state index < -0.39 is 0 Å². The van der Waals surface area contributed by atoms with E-state index in [0.29, 0.717) is 18.5 Å². The number of fused-ring (bicyclic) bond motifs is 1. The first-order valence-corrected chi connectivity index (χ1v) is 8.81. The van der Waals surface area contributed by atoms with E-state index in [9.17, 15) is 9.59 Å². The van der Waals surface area contributed by atoms with E-state index >= 15 is 0 Å². The predicted octanol–water partition coefficient (Wildman–Crippen LogP) is 3.79. The lowest BCUT2D eigenvalue weighted by atomic mass is 10.0. The molecule has 3 rings (SSSR count). The van der Waals surface area contributed by atoms with Crippen LogP contribution in [0.1, 0.15) is 53.4 Å². The third-order valence-electron chi connectivity index (χ3n) is 4.84. The molecule has 4 heteroatoms. The van der Waals surface area contributed by atoms with Gasteiger partial charge in [-0.15, -0.1) is 0 Å². The number of aryl methyl sites for hydroxylation is 1. The molecule has 0 aromatic heterocycles. The molecule has 0 radical (unpaired) electrons. The molecule has 1 N–H and O–H groups in total. The smallest absolute Gasteiger partial charge is 0.251 e. The molecule has 0 spiro atoms. The van der Waals surface area contributed by atoms with Crippen LogP contribution in [0.15, 0.2) is 42.5 Å². The van der Waals surface area contributed by atoms with E-state index in [4.69, 9.17) is 0 Å². The Kier molecular flexibility index (Phi) is 4.88. The molecule has 1 atom stereocenters. The summed E-state index contributed by atoms with van der Waals surface area (Å²) in [6, 6.07) is 13.6. The van der Waals surface area contributed by atoms with Gasteiger partial charge in [0.15, 0.2) is 0 Å². The van der Waals surface area contributed by atoms with Gasteiger partial charge < -0.3 is 10.2 Å². The molecule has 2 aromatic carbocycles. The first-order chi connectivity index (χ1) is 12.0. The highest BCUT2D eigenvalue weighted by Gasteiger charge is 2.24. The van der Waals surface area contributed by atoms with E-state index in [2.05, 4.69) is 5.32 Å². The lowest BCUT2D eigenvalue weighted by molar-refractivity contribution is -0.118. The van der Waals surface area contributed by atoms with Crippen LogP contribution in [0.4, 0.5) is 5.69 Å². The number of benzene rings is 2. The molecule has 1 aliphatic rings. The summed E-state index contributed by atoms with van der Waals surface area (Å²) in [5.41, 5.74) is 4.94. The molecule has 0 saturated heterocycles. The van der Waals surface area contributed by atoms with Gasteiger partial charge in [0.05, 0.1) is 6.04 Å². The Morgan fingerprint density at radius 2 is 1.96 bits per heavy atom. The van der Waals surface area contributed by atoms with E-state index in [1.165, 1.54) is 0 Å². The van der Waals surface area contributed by atoms with Crippen LogP contribution in [0, 0.1) is 6.92 Å². The van der Waals surface area contributed by atoms with Gasteiger partial charge >= 0.3 is 0 Å². The van der Waals surface area contributed by atoms with Crippen molar-refractivity contribution in [1.29, 1.82) is 0 Å². The second-order valence-electron chi connectivity index (χ2n) is 6.54. The van der Waals surface area contributed by atoms with Gasteiger partial charge in [0.2, 0.25) is 5.91 Å². The summed E-state index contributed by atoms with van der Waals surface area (Å²) >= 11 is 0. The average molecular weight is 336 g/mol. The standard InChI is InChI=1S/C21H24N2O2/c1-4-20(24)23-12-11-16-13-17(9-10-19(16)23)21(25)22-15(3)18-8-6-5-7-14(18)2/h5-10,13,15H,4,11-12H2,1-3H3,(H,22,25). The lowest BCUT2D eigenvalue weighted by Gasteiger charge is -2.18. The molecular formula is C21H24N2O2. The van der Waals surface area contributed by atoms with Crippen LogP contribution in [0.3, 0.4) is 0 Å². The molecule has 1 unspecified atom stereocenters. The van der Waals surface area contributed by atoms with Crippen LogP contribution in [0.5, 0.6) is 0 Å². The van der Waals surface area contributed by atoms with E-state index in [-0.39, 0.29) is 17.9 Å². The number of carbonyl (C=O) groups is 2. The maximum absolute atomic E-state index is 12.6. The molecule has 0 bridgehead atoms. The zero-order chi connectivity index (χ0) is 18.0. The van der Waals surface area contributed by atoms with Gasteiger partial charge in [0.25, 0.3) is 5.91 Å². The van der Waals surface area contributed by atoms with Crippen molar-refractivity contribution in [3.8, 4) is 0 Å². The predicted molar refractivity (Wildman–Crippen MR) is 99.9 cm³/mol. The number of anilines is 1. The molecule has 2 amide bonds. The summed E-state index contributed by atoms with van der Waals surface area (Å²) in [4.78, 5) is 26.4. The highest BCUT2D eigenvalue weighted by molar-refractivity contribution is 5.98. The number of nitrogens with one attached hydrogen (secondary N) is 1. The fourth-order valence-electron chi connectivity index (χ4n) is 3.42. The number of nitrogens with zero attached hydrogens (tertiary/aromatic N) is 1. The molecule has 1 aliphatic heterocycles. The summed E-state index contributed by atoms with van der Waals surface area (Å²) in [5.74, 6) is 0.0444. The van der Waals surface area contributed by atoms with E-state index in [1.54, 1.807) is 6.07 Å². The average Bonchev–Trinajstić information content (AvgIpc) is 3.04. The summed E-state index contributed by atoms with van der Waals surface area (Å²) in [6.45, 7) is 6.61. The number of rotatable bonds is 4. The van der Waals surface area contributed by atoms with Crippen molar-refractivity contribution in [1.82, 2.24) is 5.32 Å². The van der Waals surface area contributed by atoms with Crippen LogP contribution in [0.2, 0.25) is 0 Å². The minimum atomic E-state index is -0.0844. The lowest BCUT2D eigenvalue weighted by Crippen LogP contribution is -2.28. The summed E-state index contributed by atoms with van der Waals surface area (Å²) in [7, 11) is 0. The van der Waals surface area contributed by atoms with Crippen molar-refractivity contribution in [2.75, 3.05) is 11.4 Å². The minimum Gasteiger partial charge on any atom is -0.346 e. The summed E-state index contributed by atoms with van der Waals surface area (Å²) in [6.07, 6.45) is 1.30. The molecule has 2 aromatic rings. The third-order valence-corrected chi connectivity index (χ3v) is 4.84. The molecule has 130 valence electrons. The Hall–Kier alpha value is -2.62. The Balaban J connectivity index is 1.76. The highest BCUT2D eigenvalue weighted by Crippen LogP contribution is 2.29. The second kappa shape index (κ2) is 7.09. The van der Waals surface area contributed by atoms with Gasteiger partial charge in [-0.3, -0.25) is 9.59 Å². The van der Waals surface area contributed by atoms with Gasteiger partial charge in [-0.05, 0) is 55.2 Å². The van der Waals surface area contributed by atoms with Gasteiger partial charge in [-0.25, -0.2) is 0 Å². The van der Waals surface area contributed by atoms with Crippen LogP contribution in [-0.2, 0) is 11.2 Å². The summed E-state index contributed by atoms with van der Waals surface area (Å²) < 4.78 is 0. The molecule has 0 aliphatic carbocycles. The summed E-state index contributed by atoms with van der Waals surface area (Å²) in [5, 5.41) is 3.07. The first-order valence-electron chi connectivity index (χ1n) is 8.81. The highest BCUT2D eigenvalue weighted by atomic mass is 16.2. The van der Waals surface area contributed by atoms with E-state index in [0.717, 1.165) is 28.8 Å². The molecule has 25 heavy (non-hydrogen) atoms. The first kappa shape index (κ1) is 17.2. The van der Waals surface area contributed by atoms with Crippen molar-refractivity contribution < 1.29 is 9.59 Å². The van der Waals surface area contributed by atoms with Gasteiger partial charge in [0.1, 0.15) is 0 Å². The Bertz CT molecular complexity index is 813. The van der Waals surface area contributed by atoms with Crippen molar-refractivity contribution in [3.05, 3.63) is 64.7 Å². The maximum atomic E-state index is 12.6. The van der Waals surface area contributed by atoms with Crippen LogP contribution in [0.25, 0.3) is 0 Å². The van der Waals surface area contributed by atoms with Gasteiger partial charge in [0, 0.05) is 24.2 Å². The van der Waals surface area contributed by atoms with Crippen LogP contribution >= 0.6 is 0 Å². The molecule has 1 heterocycles. The van der Waals surface area contributed by atoms with Gasteiger partial charge in [-0.1, -0.05) is 31.2 Å². The normalized spacial score (nSPS) is 14.1. The van der Waals surface area contributed by atoms with Crippen molar-refractivity contribution in [2.24, 2.45) is 0 Å². The fraction of sp³-hybridized carbons (Fsp3) is 0.333. The largest absolute Gasteiger partial charge is 0.346 e. The SMILES string of the molecule is CCC(=O)N1CCc2cc(C(=O)NC(C)c3ccccc3C)ccc21. The fourth-order valence-corrected chi connectivity index (χ4v) is 3.42.